The predicted molar refractivity (Wildman–Crippen MR) is 78.8 cm³/mol. The highest BCUT2D eigenvalue weighted by atomic mass is 15.6. The van der Waals surface area contributed by atoms with Crippen molar-refractivity contribution in [2.45, 2.75) is 45.1 Å². The number of tetrazole rings is 1. The summed E-state index contributed by atoms with van der Waals surface area (Å²) in [6, 6.07) is 10.5. The fourth-order valence-corrected chi connectivity index (χ4v) is 2.92. The van der Waals surface area contributed by atoms with Crippen molar-refractivity contribution in [3.05, 3.63) is 30.3 Å². The van der Waals surface area contributed by atoms with Crippen molar-refractivity contribution in [2.75, 3.05) is 5.32 Å². The van der Waals surface area contributed by atoms with E-state index in [9.17, 15) is 0 Å². The van der Waals surface area contributed by atoms with Gasteiger partial charge in [-0.1, -0.05) is 36.6 Å². The molecule has 0 saturated heterocycles. The summed E-state index contributed by atoms with van der Waals surface area (Å²) in [5.74, 6) is 1.65. The Morgan fingerprint density at radius 2 is 1.90 bits per heavy atom. The quantitative estimate of drug-likeness (QED) is 0.928. The molecule has 2 aromatic rings. The standard InChI is InChI=1S/C15H21N5/c1-2-12-8-10-13(11-9-12)16-15-17-18-19-20(15)14-6-4-3-5-7-14/h3-7,12-13H,2,8-11H2,1H3,(H,16,17,19). The molecule has 1 fully saturated rings. The molecule has 1 aliphatic rings. The van der Waals surface area contributed by atoms with Crippen molar-refractivity contribution < 1.29 is 0 Å². The van der Waals surface area contributed by atoms with Crippen molar-refractivity contribution in [2.24, 2.45) is 5.92 Å². The van der Waals surface area contributed by atoms with Crippen molar-refractivity contribution >= 4 is 5.95 Å². The van der Waals surface area contributed by atoms with E-state index < -0.39 is 0 Å². The van der Waals surface area contributed by atoms with Gasteiger partial charge in [0.1, 0.15) is 0 Å². The summed E-state index contributed by atoms with van der Waals surface area (Å²) in [6.07, 6.45) is 6.33. The Morgan fingerprint density at radius 1 is 1.15 bits per heavy atom. The Hall–Kier alpha value is -1.91. The minimum Gasteiger partial charge on any atom is -0.350 e. The van der Waals surface area contributed by atoms with E-state index in [2.05, 4.69) is 27.8 Å². The third kappa shape index (κ3) is 2.81. The molecule has 1 N–H and O–H groups in total. The lowest BCUT2D eigenvalue weighted by atomic mass is 9.85. The first-order valence-electron chi connectivity index (χ1n) is 7.47. The average Bonchev–Trinajstić information content (AvgIpc) is 2.97. The van der Waals surface area contributed by atoms with Crippen molar-refractivity contribution in [1.29, 1.82) is 0 Å². The van der Waals surface area contributed by atoms with E-state index in [4.69, 9.17) is 0 Å². The van der Waals surface area contributed by atoms with Crippen LogP contribution >= 0.6 is 0 Å². The van der Waals surface area contributed by atoms with Gasteiger partial charge in [-0.2, -0.15) is 4.68 Å². The van der Waals surface area contributed by atoms with Crippen molar-refractivity contribution in [3.8, 4) is 5.69 Å². The molecule has 1 aromatic heterocycles. The summed E-state index contributed by atoms with van der Waals surface area (Å²) >= 11 is 0. The molecule has 0 unspecified atom stereocenters. The lowest BCUT2D eigenvalue weighted by Gasteiger charge is -2.28. The van der Waals surface area contributed by atoms with Crippen molar-refractivity contribution in [1.82, 2.24) is 20.2 Å². The van der Waals surface area contributed by atoms with Crippen LogP contribution in [0.15, 0.2) is 30.3 Å². The van der Waals surface area contributed by atoms with Crippen LogP contribution in [0.1, 0.15) is 39.0 Å². The first kappa shape index (κ1) is 13.1. The highest BCUT2D eigenvalue weighted by Gasteiger charge is 2.21. The number of nitrogens with zero attached hydrogens (tertiary/aromatic N) is 4. The van der Waals surface area contributed by atoms with Gasteiger partial charge in [-0.15, -0.1) is 0 Å². The van der Waals surface area contributed by atoms with E-state index in [1.165, 1.54) is 32.1 Å². The zero-order chi connectivity index (χ0) is 13.8. The molecule has 0 amide bonds. The SMILES string of the molecule is CCC1CCC(Nc2nnnn2-c2ccccc2)CC1. The van der Waals surface area contributed by atoms with E-state index in [1.807, 2.05) is 30.3 Å². The molecule has 0 aliphatic heterocycles. The minimum absolute atomic E-state index is 0.492. The summed E-state index contributed by atoms with van der Waals surface area (Å²) in [5.41, 5.74) is 0.988. The van der Waals surface area contributed by atoms with Crippen LogP contribution in [-0.4, -0.2) is 26.2 Å². The molecule has 1 heterocycles. The first-order valence-corrected chi connectivity index (χ1v) is 7.47. The van der Waals surface area contributed by atoms with Crippen LogP contribution in [-0.2, 0) is 0 Å². The van der Waals surface area contributed by atoms with Gasteiger partial charge < -0.3 is 5.32 Å². The molecule has 0 radical (unpaired) electrons. The Balaban J connectivity index is 1.69. The van der Waals surface area contributed by atoms with E-state index in [0.29, 0.717) is 6.04 Å². The molecule has 0 spiro atoms. The number of aromatic nitrogens is 4. The molecule has 20 heavy (non-hydrogen) atoms. The van der Waals surface area contributed by atoms with Crippen LogP contribution in [0, 0.1) is 5.92 Å². The third-order valence-electron chi connectivity index (χ3n) is 4.23. The van der Waals surface area contributed by atoms with Gasteiger partial charge >= 0.3 is 0 Å². The Labute approximate surface area is 119 Å². The van der Waals surface area contributed by atoms with Gasteiger partial charge in [-0.3, -0.25) is 0 Å². The molecule has 5 heteroatoms. The lowest BCUT2D eigenvalue weighted by molar-refractivity contribution is 0.329. The second-order valence-electron chi connectivity index (χ2n) is 5.52. The number of hydrogen-bond acceptors (Lipinski definition) is 4. The number of nitrogens with one attached hydrogen (secondary N) is 1. The normalized spacial score (nSPS) is 22.6. The predicted octanol–water partition coefficient (Wildman–Crippen LogP) is 3.04. The number of anilines is 1. The lowest BCUT2D eigenvalue weighted by Crippen LogP contribution is -2.27. The second-order valence-corrected chi connectivity index (χ2v) is 5.52. The summed E-state index contributed by atoms with van der Waals surface area (Å²) < 4.78 is 1.77. The highest BCUT2D eigenvalue weighted by Crippen LogP contribution is 2.28. The maximum Gasteiger partial charge on any atom is 0.247 e. The van der Waals surface area contributed by atoms with Crippen LogP contribution in [0.5, 0.6) is 0 Å². The van der Waals surface area contributed by atoms with Crippen LogP contribution in [0.4, 0.5) is 5.95 Å². The largest absolute Gasteiger partial charge is 0.350 e. The van der Waals surface area contributed by atoms with Gasteiger partial charge in [0, 0.05) is 6.04 Å². The third-order valence-corrected chi connectivity index (χ3v) is 4.23. The molecule has 3 rings (SSSR count). The van der Waals surface area contributed by atoms with Crippen LogP contribution < -0.4 is 5.32 Å². The van der Waals surface area contributed by atoms with E-state index in [0.717, 1.165) is 17.6 Å². The monoisotopic (exact) mass is 271 g/mol. The molecule has 0 bridgehead atoms. The van der Waals surface area contributed by atoms with Gasteiger partial charge in [0.15, 0.2) is 0 Å². The smallest absolute Gasteiger partial charge is 0.247 e. The molecule has 1 aliphatic carbocycles. The summed E-state index contributed by atoms with van der Waals surface area (Å²) in [4.78, 5) is 0. The Kier molecular flexibility index (Phi) is 3.95. The second kappa shape index (κ2) is 6.03. The maximum absolute atomic E-state index is 4.12. The van der Waals surface area contributed by atoms with Crippen LogP contribution in [0.3, 0.4) is 0 Å². The van der Waals surface area contributed by atoms with Gasteiger partial charge in [0.05, 0.1) is 5.69 Å². The molecule has 1 saturated carbocycles. The van der Waals surface area contributed by atoms with Crippen LogP contribution in [0.25, 0.3) is 5.69 Å². The van der Waals surface area contributed by atoms with Crippen molar-refractivity contribution in [3.63, 3.8) is 0 Å². The molecular formula is C15H21N5. The Bertz CT molecular complexity index is 528. The molecule has 5 nitrogen and oxygen atoms in total. The highest BCUT2D eigenvalue weighted by molar-refractivity contribution is 5.38. The summed E-state index contributed by atoms with van der Waals surface area (Å²) in [6.45, 7) is 2.29. The zero-order valence-electron chi connectivity index (χ0n) is 11.9. The number of para-hydroxylation sites is 1. The number of benzene rings is 1. The van der Waals surface area contributed by atoms with Gasteiger partial charge in [-0.25, -0.2) is 0 Å². The minimum atomic E-state index is 0.492. The van der Waals surface area contributed by atoms with E-state index >= 15 is 0 Å². The van der Waals surface area contributed by atoms with E-state index in [-0.39, 0.29) is 0 Å². The number of hydrogen-bond donors (Lipinski definition) is 1. The topological polar surface area (TPSA) is 55.6 Å². The Morgan fingerprint density at radius 3 is 2.60 bits per heavy atom. The van der Waals surface area contributed by atoms with Gasteiger partial charge in [-0.05, 0) is 54.2 Å². The molecule has 1 aromatic carbocycles. The average molecular weight is 271 g/mol. The first-order chi connectivity index (χ1) is 9.86. The molecule has 0 atom stereocenters. The fraction of sp³-hybridized carbons (Fsp3) is 0.533. The summed E-state index contributed by atoms with van der Waals surface area (Å²) in [5, 5.41) is 15.5. The zero-order valence-corrected chi connectivity index (χ0v) is 11.9. The summed E-state index contributed by atoms with van der Waals surface area (Å²) in [7, 11) is 0. The molecular weight excluding hydrogens is 250 g/mol. The van der Waals surface area contributed by atoms with E-state index in [1.54, 1.807) is 4.68 Å². The van der Waals surface area contributed by atoms with Gasteiger partial charge in [0.25, 0.3) is 0 Å². The maximum atomic E-state index is 4.12. The molecule has 106 valence electrons. The van der Waals surface area contributed by atoms with Crippen LogP contribution in [0.2, 0.25) is 0 Å². The van der Waals surface area contributed by atoms with Gasteiger partial charge in [0.2, 0.25) is 5.95 Å². The fourth-order valence-electron chi connectivity index (χ4n) is 2.92. The number of rotatable bonds is 4.